The van der Waals surface area contributed by atoms with E-state index in [1.165, 1.54) is 12.8 Å². The number of hydrogen-bond acceptors (Lipinski definition) is 4. The van der Waals surface area contributed by atoms with Gasteiger partial charge in [0.25, 0.3) is 0 Å². The first-order valence-corrected chi connectivity index (χ1v) is 7.10. The molecule has 0 unspecified atom stereocenters. The van der Waals surface area contributed by atoms with Gasteiger partial charge in [-0.25, -0.2) is 0 Å². The zero-order chi connectivity index (χ0) is 13.8. The molecule has 1 heterocycles. The summed E-state index contributed by atoms with van der Waals surface area (Å²) < 4.78 is 5.12. The van der Waals surface area contributed by atoms with Crippen molar-refractivity contribution in [3.8, 4) is 0 Å². The molecule has 1 N–H and O–H groups in total. The summed E-state index contributed by atoms with van der Waals surface area (Å²) in [5.41, 5.74) is 0. The number of aliphatic carboxylic acids is 1. The van der Waals surface area contributed by atoms with Crippen molar-refractivity contribution in [3.63, 3.8) is 0 Å². The van der Waals surface area contributed by atoms with Gasteiger partial charge in [-0.3, -0.25) is 4.79 Å². The fourth-order valence-corrected chi connectivity index (χ4v) is 2.79. The van der Waals surface area contributed by atoms with Gasteiger partial charge in [0.1, 0.15) is 0 Å². The first kappa shape index (κ1) is 14.0. The van der Waals surface area contributed by atoms with Crippen LogP contribution in [0.25, 0.3) is 0 Å². The molecule has 0 radical (unpaired) electrons. The molecule has 5 nitrogen and oxygen atoms in total. The number of aromatic nitrogens is 2. The van der Waals surface area contributed by atoms with Crippen LogP contribution in [-0.2, 0) is 11.2 Å². The second-order valence-electron chi connectivity index (χ2n) is 5.80. The van der Waals surface area contributed by atoms with E-state index in [0.29, 0.717) is 18.2 Å². The Hall–Kier alpha value is -1.39. The van der Waals surface area contributed by atoms with Crippen molar-refractivity contribution in [2.45, 2.75) is 58.3 Å². The Morgan fingerprint density at radius 3 is 2.63 bits per heavy atom. The summed E-state index contributed by atoms with van der Waals surface area (Å²) in [5.74, 6) is 2.33. The Morgan fingerprint density at radius 1 is 1.37 bits per heavy atom. The summed E-state index contributed by atoms with van der Waals surface area (Å²) in [6, 6.07) is 0. The van der Waals surface area contributed by atoms with Gasteiger partial charge >= 0.3 is 5.97 Å². The summed E-state index contributed by atoms with van der Waals surface area (Å²) in [4.78, 5) is 14.8. The van der Waals surface area contributed by atoms with Crippen LogP contribution in [0.1, 0.15) is 63.6 Å². The lowest BCUT2D eigenvalue weighted by Crippen LogP contribution is -2.18. The lowest BCUT2D eigenvalue weighted by Gasteiger charge is -2.29. The molecule has 106 valence electrons. The fraction of sp³-hybridized carbons (Fsp3) is 0.786. The number of carbonyl (C=O) groups is 1. The SMILES string of the molecule is CC(C)C1CCC(c2noc(CCC(=O)O)n2)CC1. The molecule has 1 aromatic rings. The third-order valence-corrected chi connectivity index (χ3v) is 4.12. The van der Waals surface area contributed by atoms with Crippen LogP contribution in [0.5, 0.6) is 0 Å². The van der Waals surface area contributed by atoms with E-state index in [1.807, 2.05) is 0 Å². The summed E-state index contributed by atoms with van der Waals surface area (Å²) in [5, 5.41) is 12.6. The van der Waals surface area contributed by atoms with Crippen molar-refractivity contribution in [1.82, 2.24) is 10.1 Å². The number of carboxylic acid groups (broad SMARTS) is 1. The van der Waals surface area contributed by atoms with Gasteiger partial charge in [0, 0.05) is 12.3 Å². The topological polar surface area (TPSA) is 76.2 Å². The van der Waals surface area contributed by atoms with E-state index >= 15 is 0 Å². The first-order chi connectivity index (χ1) is 9.06. The molecule has 5 heteroatoms. The number of hydrogen-bond donors (Lipinski definition) is 1. The largest absolute Gasteiger partial charge is 0.481 e. The Labute approximate surface area is 113 Å². The summed E-state index contributed by atoms with van der Waals surface area (Å²) >= 11 is 0. The van der Waals surface area contributed by atoms with Gasteiger partial charge in [0.2, 0.25) is 5.89 Å². The number of carboxylic acids is 1. The quantitative estimate of drug-likeness (QED) is 0.886. The maximum absolute atomic E-state index is 10.5. The Balaban J connectivity index is 1.88. The molecule has 0 amide bonds. The van der Waals surface area contributed by atoms with Crippen LogP contribution in [0.2, 0.25) is 0 Å². The van der Waals surface area contributed by atoms with E-state index < -0.39 is 5.97 Å². The highest BCUT2D eigenvalue weighted by atomic mass is 16.5. The fourth-order valence-electron chi connectivity index (χ4n) is 2.79. The van der Waals surface area contributed by atoms with Gasteiger partial charge in [0.15, 0.2) is 5.82 Å². The Morgan fingerprint density at radius 2 is 2.05 bits per heavy atom. The monoisotopic (exact) mass is 266 g/mol. The van der Waals surface area contributed by atoms with Crippen molar-refractivity contribution in [3.05, 3.63) is 11.7 Å². The van der Waals surface area contributed by atoms with E-state index in [1.54, 1.807) is 0 Å². The van der Waals surface area contributed by atoms with Gasteiger partial charge in [-0.15, -0.1) is 0 Å². The molecule has 0 atom stereocenters. The van der Waals surface area contributed by atoms with E-state index in [4.69, 9.17) is 9.63 Å². The molecule has 1 aromatic heterocycles. The maximum atomic E-state index is 10.5. The van der Waals surface area contributed by atoms with Gasteiger partial charge in [-0.05, 0) is 37.5 Å². The van der Waals surface area contributed by atoms with Gasteiger partial charge in [0.05, 0.1) is 6.42 Å². The van der Waals surface area contributed by atoms with Crippen LogP contribution < -0.4 is 0 Å². The van der Waals surface area contributed by atoms with Crippen LogP contribution in [-0.4, -0.2) is 21.2 Å². The molecule has 1 saturated carbocycles. The third kappa shape index (κ3) is 3.78. The highest BCUT2D eigenvalue weighted by molar-refractivity contribution is 5.66. The molecule has 0 bridgehead atoms. The van der Waals surface area contributed by atoms with E-state index in [9.17, 15) is 4.79 Å². The maximum Gasteiger partial charge on any atom is 0.303 e. The normalized spacial score (nSPS) is 23.7. The first-order valence-electron chi connectivity index (χ1n) is 7.10. The minimum atomic E-state index is -0.836. The minimum absolute atomic E-state index is 0.0434. The van der Waals surface area contributed by atoms with Crippen molar-refractivity contribution < 1.29 is 14.4 Å². The van der Waals surface area contributed by atoms with Crippen LogP contribution in [0, 0.1) is 11.8 Å². The van der Waals surface area contributed by atoms with Crippen LogP contribution in [0.3, 0.4) is 0 Å². The van der Waals surface area contributed by atoms with Crippen LogP contribution in [0.15, 0.2) is 4.52 Å². The van der Waals surface area contributed by atoms with Crippen molar-refractivity contribution in [2.24, 2.45) is 11.8 Å². The molecular formula is C14H22N2O3. The second kappa shape index (κ2) is 6.17. The van der Waals surface area contributed by atoms with Crippen molar-refractivity contribution in [1.29, 1.82) is 0 Å². The summed E-state index contributed by atoms with van der Waals surface area (Å²) in [6.07, 6.45) is 5.04. The molecule has 2 rings (SSSR count). The standard InChI is InChI=1S/C14H22N2O3/c1-9(2)10-3-5-11(6-4-10)14-15-12(19-16-14)7-8-13(17)18/h9-11H,3-8H2,1-2H3,(H,17,18). The van der Waals surface area contributed by atoms with E-state index in [0.717, 1.165) is 30.5 Å². The lowest BCUT2D eigenvalue weighted by molar-refractivity contribution is -0.137. The number of nitrogens with zero attached hydrogens (tertiary/aromatic N) is 2. The van der Waals surface area contributed by atoms with Crippen LogP contribution in [0.4, 0.5) is 0 Å². The average molecular weight is 266 g/mol. The number of aryl methyl sites for hydroxylation is 1. The van der Waals surface area contributed by atoms with Gasteiger partial charge < -0.3 is 9.63 Å². The summed E-state index contributed by atoms with van der Waals surface area (Å²) in [7, 11) is 0. The molecule has 1 aliphatic carbocycles. The molecular weight excluding hydrogens is 244 g/mol. The molecule has 0 aliphatic heterocycles. The van der Waals surface area contributed by atoms with Crippen LogP contribution >= 0.6 is 0 Å². The Bertz CT molecular complexity index is 420. The highest BCUT2D eigenvalue weighted by Gasteiger charge is 2.27. The smallest absolute Gasteiger partial charge is 0.303 e. The molecule has 1 fully saturated rings. The van der Waals surface area contributed by atoms with Gasteiger partial charge in [-0.2, -0.15) is 4.98 Å². The molecule has 0 saturated heterocycles. The van der Waals surface area contributed by atoms with Gasteiger partial charge in [-0.1, -0.05) is 19.0 Å². The molecule has 0 aromatic carbocycles. The summed E-state index contributed by atoms with van der Waals surface area (Å²) in [6.45, 7) is 4.56. The lowest BCUT2D eigenvalue weighted by atomic mass is 9.77. The highest BCUT2D eigenvalue weighted by Crippen LogP contribution is 2.37. The second-order valence-corrected chi connectivity index (χ2v) is 5.80. The molecule has 1 aliphatic rings. The predicted octanol–water partition coefficient (Wildman–Crippen LogP) is 3.02. The van der Waals surface area contributed by atoms with Crippen molar-refractivity contribution >= 4 is 5.97 Å². The average Bonchev–Trinajstić information content (AvgIpc) is 2.85. The zero-order valence-electron chi connectivity index (χ0n) is 11.6. The minimum Gasteiger partial charge on any atom is -0.481 e. The molecule has 19 heavy (non-hydrogen) atoms. The van der Waals surface area contributed by atoms with Crippen molar-refractivity contribution in [2.75, 3.05) is 0 Å². The van der Waals surface area contributed by atoms with E-state index in [2.05, 4.69) is 24.0 Å². The third-order valence-electron chi connectivity index (χ3n) is 4.12. The Kier molecular flexibility index (Phi) is 4.56. The molecule has 0 spiro atoms. The predicted molar refractivity (Wildman–Crippen MR) is 69.8 cm³/mol. The zero-order valence-corrected chi connectivity index (χ0v) is 11.6. The number of rotatable bonds is 5. The van der Waals surface area contributed by atoms with E-state index in [-0.39, 0.29) is 6.42 Å².